The molecule has 1 aliphatic carbocycles. The lowest BCUT2D eigenvalue weighted by Crippen LogP contribution is -2.14. The van der Waals surface area contributed by atoms with Crippen LogP contribution in [0.4, 0.5) is 0 Å². The summed E-state index contributed by atoms with van der Waals surface area (Å²) in [4.78, 5) is 10.6. The molecule has 2 nitrogen and oxygen atoms in total. The van der Waals surface area contributed by atoms with Gasteiger partial charge in [-0.25, -0.2) is 9.97 Å². The average molecular weight is 753 g/mol. The molecule has 0 amide bonds. The summed E-state index contributed by atoms with van der Waals surface area (Å²) >= 11 is 0. The Kier molecular flexibility index (Phi) is 8.20. The van der Waals surface area contributed by atoms with Crippen molar-refractivity contribution >= 4 is 21.5 Å². The summed E-state index contributed by atoms with van der Waals surface area (Å²) in [5.74, 6) is 0.703. The van der Waals surface area contributed by atoms with Crippen LogP contribution in [0.3, 0.4) is 0 Å². The Hall–Kier alpha value is -7.42. The van der Waals surface area contributed by atoms with Crippen LogP contribution in [0.15, 0.2) is 206 Å². The van der Waals surface area contributed by atoms with Crippen molar-refractivity contribution in [2.24, 2.45) is 0 Å². The van der Waals surface area contributed by atoms with Gasteiger partial charge in [-0.2, -0.15) is 0 Å². The van der Waals surface area contributed by atoms with Crippen LogP contribution in [-0.4, -0.2) is 9.97 Å². The van der Waals surface area contributed by atoms with Crippen LogP contribution >= 0.6 is 0 Å². The maximum atomic E-state index is 5.35. The number of hydrogen-bond donors (Lipinski definition) is 0. The fourth-order valence-corrected chi connectivity index (χ4v) is 9.35. The number of benzene rings is 9. The van der Waals surface area contributed by atoms with E-state index in [1.165, 1.54) is 55.3 Å². The molecular formula is C57H40N2. The standard InChI is InChI=1S/C57H40N2/c1-57(2)51-32-29-41(35-50(51)55-45-24-10-9-18-38(45)28-33-52(55)57)40-21-15-22-42(34-40)44-30-31-49(47-26-13-12-25-46(44)47)56-58-53(39-19-7-4-8-20-39)36-54(59-56)48-27-14-11-23-43(48)37-16-5-3-6-17-37/h3-36H,1-2H3. The Morgan fingerprint density at radius 1 is 0.322 bits per heavy atom. The highest BCUT2D eigenvalue weighted by atomic mass is 14.9. The van der Waals surface area contributed by atoms with E-state index in [0.717, 1.165) is 50.0 Å². The van der Waals surface area contributed by atoms with E-state index in [9.17, 15) is 0 Å². The normalized spacial score (nSPS) is 12.7. The van der Waals surface area contributed by atoms with Gasteiger partial charge < -0.3 is 0 Å². The molecule has 11 rings (SSSR count). The molecule has 278 valence electrons. The summed E-state index contributed by atoms with van der Waals surface area (Å²) in [5.41, 5.74) is 17.4. The van der Waals surface area contributed by atoms with Crippen LogP contribution < -0.4 is 0 Å². The highest BCUT2D eigenvalue weighted by molar-refractivity contribution is 6.06. The molecular weight excluding hydrogens is 713 g/mol. The van der Waals surface area contributed by atoms with Crippen LogP contribution in [0, 0.1) is 0 Å². The lowest BCUT2D eigenvalue weighted by molar-refractivity contribution is 0.661. The maximum absolute atomic E-state index is 5.35. The summed E-state index contributed by atoms with van der Waals surface area (Å²) in [6, 6.07) is 74.3. The summed E-state index contributed by atoms with van der Waals surface area (Å²) < 4.78 is 0. The van der Waals surface area contributed by atoms with Crippen molar-refractivity contribution < 1.29 is 0 Å². The van der Waals surface area contributed by atoms with Crippen molar-refractivity contribution in [2.75, 3.05) is 0 Å². The average Bonchev–Trinajstić information content (AvgIpc) is 3.54. The van der Waals surface area contributed by atoms with Gasteiger partial charge in [-0.05, 0) is 101 Å². The first-order chi connectivity index (χ1) is 29.0. The Labute approximate surface area is 345 Å². The van der Waals surface area contributed by atoms with Gasteiger partial charge in [0.1, 0.15) is 0 Å². The predicted molar refractivity (Wildman–Crippen MR) is 247 cm³/mol. The molecule has 2 heteroatoms. The van der Waals surface area contributed by atoms with E-state index in [1.807, 2.05) is 6.07 Å². The molecule has 59 heavy (non-hydrogen) atoms. The smallest absolute Gasteiger partial charge is 0.161 e. The zero-order valence-electron chi connectivity index (χ0n) is 33.0. The molecule has 0 atom stereocenters. The molecule has 0 saturated heterocycles. The molecule has 0 N–H and O–H groups in total. The maximum Gasteiger partial charge on any atom is 0.161 e. The quantitative estimate of drug-likeness (QED) is 0.169. The topological polar surface area (TPSA) is 25.8 Å². The predicted octanol–water partition coefficient (Wildman–Crippen LogP) is 15.1. The van der Waals surface area contributed by atoms with Crippen LogP contribution in [-0.2, 0) is 5.41 Å². The van der Waals surface area contributed by atoms with Crippen molar-refractivity contribution in [1.29, 1.82) is 0 Å². The fourth-order valence-electron chi connectivity index (χ4n) is 9.35. The highest BCUT2D eigenvalue weighted by Gasteiger charge is 2.36. The van der Waals surface area contributed by atoms with E-state index in [-0.39, 0.29) is 5.41 Å². The van der Waals surface area contributed by atoms with E-state index < -0.39 is 0 Å². The van der Waals surface area contributed by atoms with Crippen molar-refractivity contribution in [2.45, 2.75) is 19.3 Å². The van der Waals surface area contributed by atoms with E-state index in [0.29, 0.717) is 5.82 Å². The highest BCUT2D eigenvalue weighted by Crippen LogP contribution is 2.52. The van der Waals surface area contributed by atoms with Crippen molar-refractivity contribution in [1.82, 2.24) is 9.97 Å². The molecule has 0 spiro atoms. The van der Waals surface area contributed by atoms with Crippen LogP contribution in [0.1, 0.15) is 25.0 Å². The number of hydrogen-bond acceptors (Lipinski definition) is 2. The third-order valence-corrected chi connectivity index (χ3v) is 12.3. The van der Waals surface area contributed by atoms with Crippen molar-refractivity contribution in [3.05, 3.63) is 217 Å². The fraction of sp³-hybridized carbons (Fsp3) is 0.0526. The van der Waals surface area contributed by atoms with Crippen molar-refractivity contribution in [3.8, 4) is 78.4 Å². The molecule has 0 unspecified atom stereocenters. The summed E-state index contributed by atoms with van der Waals surface area (Å²) in [6.07, 6.45) is 0. The first kappa shape index (κ1) is 34.8. The minimum atomic E-state index is -0.0634. The van der Waals surface area contributed by atoms with E-state index >= 15 is 0 Å². The number of nitrogens with zero attached hydrogens (tertiary/aromatic N) is 2. The Balaban J connectivity index is 1.04. The van der Waals surface area contributed by atoms with Gasteiger partial charge in [0.25, 0.3) is 0 Å². The molecule has 1 aliphatic rings. The first-order valence-corrected chi connectivity index (χ1v) is 20.4. The van der Waals surface area contributed by atoms with Crippen molar-refractivity contribution in [3.63, 3.8) is 0 Å². The van der Waals surface area contributed by atoms with Gasteiger partial charge in [-0.15, -0.1) is 0 Å². The van der Waals surface area contributed by atoms with Gasteiger partial charge in [0, 0.05) is 22.1 Å². The molecule has 1 heterocycles. The van der Waals surface area contributed by atoms with E-state index in [4.69, 9.17) is 9.97 Å². The first-order valence-electron chi connectivity index (χ1n) is 20.4. The summed E-state index contributed by atoms with van der Waals surface area (Å²) in [6.45, 7) is 4.71. The second kappa shape index (κ2) is 13.9. The Morgan fingerprint density at radius 2 is 0.898 bits per heavy atom. The zero-order chi connectivity index (χ0) is 39.5. The van der Waals surface area contributed by atoms with E-state index in [2.05, 4.69) is 214 Å². The van der Waals surface area contributed by atoms with Crippen LogP contribution in [0.2, 0.25) is 0 Å². The Morgan fingerprint density at radius 3 is 1.69 bits per heavy atom. The van der Waals surface area contributed by atoms with Gasteiger partial charge in [0.15, 0.2) is 5.82 Å². The second-order valence-corrected chi connectivity index (χ2v) is 16.1. The number of fused-ring (bicyclic) bond motifs is 6. The monoisotopic (exact) mass is 752 g/mol. The minimum absolute atomic E-state index is 0.0634. The molecule has 1 aromatic heterocycles. The third kappa shape index (κ3) is 5.87. The largest absolute Gasteiger partial charge is 0.228 e. The van der Waals surface area contributed by atoms with Gasteiger partial charge in [-0.3, -0.25) is 0 Å². The lowest BCUT2D eigenvalue weighted by atomic mass is 9.82. The van der Waals surface area contributed by atoms with Gasteiger partial charge in [-0.1, -0.05) is 196 Å². The third-order valence-electron chi connectivity index (χ3n) is 12.3. The van der Waals surface area contributed by atoms with Gasteiger partial charge >= 0.3 is 0 Å². The zero-order valence-corrected chi connectivity index (χ0v) is 33.0. The summed E-state index contributed by atoms with van der Waals surface area (Å²) in [7, 11) is 0. The number of rotatable bonds is 6. The molecule has 0 aliphatic heterocycles. The second-order valence-electron chi connectivity index (χ2n) is 16.1. The summed E-state index contributed by atoms with van der Waals surface area (Å²) in [5, 5.41) is 4.88. The number of aromatic nitrogens is 2. The molecule has 0 radical (unpaired) electrons. The lowest BCUT2D eigenvalue weighted by Gasteiger charge is -2.21. The van der Waals surface area contributed by atoms with Crippen LogP contribution in [0.5, 0.6) is 0 Å². The molecule has 10 aromatic rings. The van der Waals surface area contributed by atoms with E-state index in [1.54, 1.807) is 0 Å². The minimum Gasteiger partial charge on any atom is -0.228 e. The molecule has 0 bridgehead atoms. The molecule has 9 aromatic carbocycles. The van der Waals surface area contributed by atoms with Crippen LogP contribution in [0.25, 0.3) is 100.0 Å². The SMILES string of the molecule is CC1(C)c2ccc(-c3cccc(-c4ccc(-c5nc(-c6ccccc6)cc(-c6ccccc6-c6ccccc6)n5)c5ccccc45)c3)cc2-c2c1ccc1ccccc21. The van der Waals surface area contributed by atoms with Gasteiger partial charge in [0.05, 0.1) is 11.4 Å². The molecule has 0 fully saturated rings. The Bertz CT molecular complexity index is 3230. The molecule has 0 saturated carbocycles. The van der Waals surface area contributed by atoms with Gasteiger partial charge in [0.2, 0.25) is 0 Å².